The minimum absolute atomic E-state index is 0.402. The Labute approximate surface area is 139 Å². The van der Waals surface area contributed by atoms with E-state index in [0.29, 0.717) is 17.9 Å². The predicted molar refractivity (Wildman–Crippen MR) is 91.2 cm³/mol. The summed E-state index contributed by atoms with van der Waals surface area (Å²) in [5.74, 6) is 0.538. The van der Waals surface area contributed by atoms with Crippen LogP contribution in [0.1, 0.15) is 24.8 Å². The Hall–Kier alpha value is -2.21. The maximum atomic E-state index is 10.9. The Morgan fingerprint density at radius 3 is 2.62 bits per heavy atom. The van der Waals surface area contributed by atoms with Gasteiger partial charge in [-0.2, -0.15) is 0 Å². The maximum Gasteiger partial charge on any atom is 0.227 e. The molecule has 1 heterocycles. The second-order valence-electron chi connectivity index (χ2n) is 6.49. The van der Waals surface area contributed by atoms with E-state index in [0.717, 1.165) is 29.5 Å². The van der Waals surface area contributed by atoms with Crippen LogP contribution in [0.2, 0.25) is 0 Å². The molecule has 1 aliphatic carbocycles. The van der Waals surface area contributed by atoms with Gasteiger partial charge in [-0.05, 0) is 49.1 Å². The maximum absolute atomic E-state index is 10.9. The van der Waals surface area contributed by atoms with Crippen molar-refractivity contribution in [3.05, 3.63) is 54.1 Å². The van der Waals surface area contributed by atoms with Gasteiger partial charge in [-0.15, -0.1) is 0 Å². The Kier molecular flexibility index (Phi) is 3.64. The molecular weight excluding hydrogens is 304 g/mol. The third kappa shape index (κ3) is 2.41. The average molecular weight is 324 g/mol. The van der Waals surface area contributed by atoms with Crippen LogP contribution in [0.4, 0.5) is 0 Å². The summed E-state index contributed by atoms with van der Waals surface area (Å²) in [4.78, 5) is 4.47. The van der Waals surface area contributed by atoms with Crippen LogP contribution in [-0.4, -0.2) is 27.3 Å². The Bertz CT molecular complexity index is 825. The highest BCUT2D eigenvalue weighted by atomic mass is 16.3. The number of hydrogen-bond acceptors (Lipinski definition) is 5. The Morgan fingerprint density at radius 1 is 1.12 bits per heavy atom. The number of benzene rings is 2. The normalized spacial score (nSPS) is 27.5. The topological polar surface area (TPSA) is 92.5 Å². The molecule has 0 aliphatic heterocycles. The third-order valence-corrected chi connectivity index (χ3v) is 4.92. The van der Waals surface area contributed by atoms with Gasteiger partial charge in [0.15, 0.2) is 5.58 Å². The van der Waals surface area contributed by atoms with Crippen LogP contribution >= 0.6 is 0 Å². The van der Waals surface area contributed by atoms with Gasteiger partial charge < -0.3 is 20.4 Å². The van der Waals surface area contributed by atoms with Crippen molar-refractivity contribution < 1.29 is 14.6 Å². The highest BCUT2D eigenvalue weighted by Crippen LogP contribution is 2.37. The molecule has 0 amide bonds. The van der Waals surface area contributed by atoms with E-state index >= 15 is 0 Å². The molecule has 2 aromatic carbocycles. The molecule has 1 fully saturated rings. The monoisotopic (exact) mass is 324 g/mol. The highest BCUT2D eigenvalue weighted by molar-refractivity contribution is 5.75. The van der Waals surface area contributed by atoms with Gasteiger partial charge in [0.1, 0.15) is 17.2 Å². The zero-order chi connectivity index (χ0) is 16.7. The summed E-state index contributed by atoms with van der Waals surface area (Å²) in [5, 5.41) is 21.2. The van der Waals surface area contributed by atoms with Crippen LogP contribution in [0.25, 0.3) is 22.6 Å². The first-order valence-corrected chi connectivity index (χ1v) is 8.20. The number of para-hydroxylation sites is 2. The van der Waals surface area contributed by atoms with E-state index in [1.54, 1.807) is 0 Å². The summed E-state index contributed by atoms with van der Waals surface area (Å²) in [6, 6.07) is 14.5. The van der Waals surface area contributed by atoms with E-state index in [-0.39, 0.29) is 0 Å². The summed E-state index contributed by atoms with van der Waals surface area (Å²) >= 11 is 0. The van der Waals surface area contributed by atoms with Crippen LogP contribution in [0.15, 0.2) is 52.9 Å². The van der Waals surface area contributed by atoms with Crippen molar-refractivity contribution in [2.24, 2.45) is 5.73 Å². The van der Waals surface area contributed by atoms with Gasteiger partial charge in [0.05, 0.1) is 0 Å². The average Bonchev–Trinajstić information content (AvgIpc) is 3.04. The molecule has 0 saturated heterocycles. The van der Waals surface area contributed by atoms with E-state index in [2.05, 4.69) is 4.98 Å². The van der Waals surface area contributed by atoms with Gasteiger partial charge in [-0.1, -0.05) is 24.3 Å². The van der Waals surface area contributed by atoms with Crippen LogP contribution in [0.3, 0.4) is 0 Å². The SMILES string of the molecule is N[C@@H]1CCC[C@](O)(c2ccc(-c3nc4ccccc4o3)cc2)[C@H]1O. The van der Waals surface area contributed by atoms with Crippen LogP contribution in [-0.2, 0) is 5.60 Å². The molecular formula is C19H20N2O3. The lowest BCUT2D eigenvalue weighted by Crippen LogP contribution is -2.53. The fourth-order valence-corrected chi connectivity index (χ4v) is 3.48. The molecule has 24 heavy (non-hydrogen) atoms. The number of aromatic nitrogens is 1. The number of nitrogens with two attached hydrogens (primary N) is 1. The van der Waals surface area contributed by atoms with Crippen LogP contribution in [0, 0.1) is 0 Å². The van der Waals surface area contributed by atoms with E-state index in [1.165, 1.54) is 0 Å². The summed E-state index contributed by atoms with van der Waals surface area (Å²) < 4.78 is 5.76. The molecule has 4 N–H and O–H groups in total. The first-order chi connectivity index (χ1) is 11.6. The van der Waals surface area contributed by atoms with Gasteiger partial charge in [-0.3, -0.25) is 0 Å². The molecule has 0 spiro atoms. The first-order valence-electron chi connectivity index (χ1n) is 8.20. The molecule has 1 saturated carbocycles. The fraction of sp³-hybridized carbons (Fsp3) is 0.316. The second-order valence-corrected chi connectivity index (χ2v) is 6.49. The summed E-state index contributed by atoms with van der Waals surface area (Å²) in [5.41, 5.74) is 7.67. The van der Waals surface area contributed by atoms with Crippen molar-refractivity contribution in [2.45, 2.75) is 37.0 Å². The van der Waals surface area contributed by atoms with Crippen molar-refractivity contribution in [1.29, 1.82) is 0 Å². The lowest BCUT2D eigenvalue weighted by molar-refractivity contribution is -0.114. The molecule has 4 rings (SSSR count). The largest absolute Gasteiger partial charge is 0.436 e. The van der Waals surface area contributed by atoms with Crippen LogP contribution < -0.4 is 5.73 Å². The molecule has 1 aliphatic rings. The lowest BCUT2D eigenvalue weighted by atomic mass is 9.75. The van der Waals surface area contributed by atoms with Crippen molar-refractivity contribution in [3.63, 3.8) is 0 Å². The summed E-state index contributed by atoms with van der Waals surface area (Å²) in [7, 11) is 0. The van der Waals surface area contributed by atoms with E-state index in [4.69, 9.17) is 10.2 Å². The van der Waals surface area contributed by atoms with E-state index in [9.17, 15) is 10.2 Å². The zero-order valence-electron chi connectivity index (χ0n) is 13.2. The smallest absolute Gasteiger partial charge is 0.227 e. The van der Waals surface area contributed by atoms with Crippen molar-refractivity contribution >= 4 is 11.1 Å². The first kappa shape index (κ1) is 15.3. The standard InChI is InChI=1S/C19H20N2O3/c20-14-4-3-11-19(23,17(14)22)13-9-7-12(8-10-13)18-21-15-5-1-2-6-16(15)24-18/h1-2,5-10,14,17,22-23H,3-4,11,20H2/t14-,17+,19+/m1/s1. The predicted octanol–water partition coefficient (Wildman–Crippen LogP) is 2.55. The van der Waals surface area contributed by atoms with Gasteiger partial charge >= 0.3 is 0 Å². The molecule has 5 heteroatoms. The number of nitrogens with zero attached hydrogens (tertiary/aromatic N) is 1. The molecule has 5 nitrogen and oxygen atoms in total. The number of hydrogen-bond donors (Lipinski definition) is 3. The molecule has 0 bridgehead atoms. The number of aliphatic hydroxyl groups excluding tert-OH is 1. The Morgan fingerprint density at radius 2 is 1.88 bits per heavy atom. The molecule has 3 atom stereocenters. The van der Waals surface area contributed by atoms with Crippen LogP contribution in [0.5, 0.6) is 0 Å². The second kappa shape index (κ2) is 5.70. The van der Waals surface area contributed by atoms with Gasteiger partial charge in [0.2, 0.25) is 5.89 Å². The van der Waals surface area contributed by atoms with E-state index < -0.39 is 17.7 Å². The number of aliphatic hydroxyl groups is 2. The third-order valence-electron chi connectivity index (χ3n) is 4.92. The quantitative estimate of drug-likeness (QED) is 0.674. The lowest BCUT2D eigenvalue weighted by Gasteiger charge is -2.40. The van der Waals surface area contributed by atoms with Crippen molar-refractivity contribution in [3.8, 4) is 11.5 Å². The molecule has 0 radical (unpaired) electrons. The fourth-order valence-electron chi connectivity index (χ4n) is 3.48. The number of oxazole rings is 1. The molecule has 1 aromatic heterocycles. The Balaban J connectivity index is 1.67. The van der Waals surface area contributed by atoms with Gasteiger partial charge in [0.25, 0.3) is 0 Å². The number of rotatable bonds is 2. The molecule has 124 valence electrons. The minimum Gasteiger partial charge on any atom is -0.436 e. The highest BCUT2D eigenvalue weighted by Gasteiger charge is 2.43. The summed E-state index contributed by atoms with van der Waals surface area (Å²) in [6.45, 7) is 0. The van der Waals surface area contributed by atoms with Crippen molar-refractivity contribution in [2.75, 3.05) is 0 Å². The number of fused-ring (bicyclic) bond motifs is 1. The minimum atomic E-state index is -1.29. The zero-order valence-corrected chi connectivity index (χ0v) is 13.2. The molecule has 0 unspecified atom stereocenters. The summed E-state index contributed by atoms with van der Waals surface area (Å²) in [6.07, 6.45) is 1.07. The van der Waals surface area contributed by atoms with Gasteiger partial charge in [0, 0.05) is 11.6 Å². The van der Waals surface area contributed by atoms with Gasteiger partial charge in [-0.25, -0.2) is 4.98 Å². The van der Waals surface area contributed by atoms with E-state index in [1.807, 2.05) is 48.5 Å². The molecule has 3 aromatic rings. The van der Waals surface area contributed by atoms with Crippen molar-refractivity contribution in [1.82, 2.24) is 4.98 Å².